The summed E-state index contributed by atoms with van der Waals surface area (Å²) in [4.78, 5) is 19.8. The van der Waals surface area contributed by atoms with Crippen LogP contribution in [0.4, 0.5) is 5.69 Å². The van der Waals surface area contributed by atoms with E-state index in [1.54, 1.807) is 19.3 Å². The number of rotatable bonds is 2. The van der Waals surface area contributed by atoms with Crippen molar-refractivity contribution in [3.63, 3.8) is 0 Å². The Morgan fingerprint density at radius 2 is 1.57 bits per heavy atom. The molecule has 23 heavy (non-hydrogen) atoms. The van der Waals surface area contributed by atoms with Crippen molar-refractivity contribution in [3.8, 4) is 0 Å². The molecule has 4 bridgehead atoms. The van der Waals surface area contributed by atoms with E-state index in [9.17, 15) is 20.0 Å². The van der Waals surface area contributed by atoms with E-state index in [1.165, 1.54) is 31.4 Å². The monoisotopic (exact) mass is 318 g/mol. The highest BCUT2D eigenvalue weighted by atomic mass is 16.6. The summed E-state index contributed by atoms with van der Waals surface area (Å²) in [5.74, 6) is 1.71. The number of carboxylic acid groups (broad SMARTS) is 1. The Bertz CT molecular complexity index is 560. The zero-order valence-electron chi connectivity index (χ0n) is 13.1. The number of quaternary nitrogens is 1. The van der Waals surface area contributed by atoms with E-state index in [2.05, 4.69) is 5.73 Å². The van der Waals surface area contributed by atoms with Gasteiger partial charge >= 0.3 is 0 Å². The highest BCUT2D eigenvalue weighted by molar-refractivity contribution is 5.90. The average molecular weight is 318 g/mol. The van der Waals surface area contributed by atoms with Crippen LogP contribution in [-0.2, 0) is 0 Å². The molecule has 0 saturated heterocycles. The number of nitro benzene ring substituents is 1. The first kappa shape index (κ1) is 15.9. The van der Waals surface area contributed by atoms with Crippen LogP contribution < -0.4 is 10.8 Å². The Morgan fingerprint density at radius 3 is 1.91 bits per heavy atom. The number of aromatic carboxylic acids is 1. The summed E-state index contributed by atoms with van der Waals surface area (Å²) in [5, 5.41) is 20.6. The molecule has 4 saturated carbocycles. The van der Waals surface area contributed by atoms with Crippen LogP contribution in [0.3, 0.4) is 0 Å². The number of carbonyl (C=O) groups excluding carboxylic acids is 1. The topological polar surface area (TPSA) is 111 Å². The molecule has 6 heteroatoms. The summed E-state index contributed by atoms with van der Waals surface area (Å²) >= 11 is 0. The second-order valence-electron chi connectivity index (χ2n) is 7.48. The van der Waals surface area contributed by atoms with Gasteiger partial charge in [0.15, 0.2) is 0 Å². The minimum atomic E-state index is -1.54. The molecule has 124 valence electrons. The lowest BCUT2D eigenvalue weighted by atomic mass is 9.53. The molecule has 0 unspecified atom stereocenters. The number of hydrogen-bond acceptors (Lipinski definition) is 4. The average Bonchev–Trinajstić information content (AvgIpc) is 2.45. The fraction of sp³-hybridized carbons (Fsp3) is 0.588. The van der Waals surface area contributed by atoms with Crippen LogP contribution in [0.2, 0.25) is 0 Å². The summed E-state index contributed by atoms with van der Waals surface area (Å²) in [6, 6.07) is 5.04. The molecular weight excluding hydrogens is 296 g/mol. The minimum absolute atomic E-state index is 0.400. The van der Waals surface area contributed by atoms with Gasteiger partial charge in [-0.2, -0.15) is 0 Å². The number of nitrogens with zero attached hydrogens (tertiary/aromatic N) is 1. The molecular formula is C17H22N2O4. The molecule has 5 rings (SSSR count). The molecule has 1 aromatic carbocycles. The molecule has 1 aromatic rings. The first-order valence-corrected chi connectivity index (χ1v) is 8.16. The van der Waals surface area contributed by atoms with Crippen LogP contribution in [0.25, 0.3) is 0 Å². The van der Waals surface area contributed by atoms with Crippen LogP contribution >= 0.6 is 0 Å². The van der Waals surface area contributed by atoms with Gasteiger partial charge in [-0.05, 0) is 43.1 Å². The molecule has 3 N–H and O–H groups in total. The van der Waals surface area contributed by atoms with Crippen molar-refractivity contribution in [3.05, 3.63) is 39.9 Å². The van der Waals surface area contributed by atoms with Crippen LogP contribution in [-0.4, -0.2) is 16.4 Å². The Morgan fingerprint density at radius 1 is 1.09 bits per heavy atom. The zero-order chi connectivity index (χ0) is 16.6. The highest BCUT2D eigenvalue weighted by Crippen LogP contribution is 2.53. The van der Waals surface area contributed by atoms with Gasteiger partial charge in [-0.3, -0.25) is 10.1 Å². The van der Waals surface area contributed by atoms with Crippen LogP contribution in [0.1, 0.15) is 48.9 Å². The predicted molar refractivity (Wildman–Crippen MR) is 81.2 cm³/mol. The third kappa shape index (κ3) is 3.37. The molecule has 0 heterocycles. The van der Waals surface area contributed by atoms with E-state index in [4.69, 9.17) is 0 Å². The maximum Gasteiger partial charge on any atom is 0.278 e. The Labute approximate surface area is 134 Å². The van der Waals surface area contributed by atoms with Crippen molar-refractivity contribution in [2.45, 2.75) is 44.1 Å². The predicted octanol–water partition coefficient (Wildman–Crippen LogP) is 1.16. The Kier molecular flexibility index (Phi) is 4.10. The van der Waals surface area contributed by atoms with Crippen molar-refractivity contribution in [2.75, 3.05) is 0 Å². The molecule has 0 radical (unpaired) electrons. The molecule has 4 aliphatic rings. The molecule has 6 nitrogen and oxygen atoms in total. The summed E-state index contributed by atoms with van der Waals surface area (Å²) in [5.41, 5.74) is 4.13. The zero-order valence-corrected chi connectivity index (χ0v) is 13.1. The summed E-state index contributed by atoms with van der Waals surface area (Å²) in [6.07, 6.45) is 9.02. The molecule has 0 atom stereocenters. The van der Waals surface area contributed by atoms with E-state index in [-0.39, 0.29) is 0 Å². The molecule has 0 spiro atoms. The van der Waals surface area contributed by atoms with Gasteiger partial charge in [-0.15, -0.1) is 0 Å². The quantitative estimate of drug-likeness (QED) is 0.651. The summed E-state index contributed by atoms with van der Waals surface area (Å²) < 4.78 is 0. The third-order valence-corrected chi connectivity index (χ3v) is 5.49. The fourth-order valence-electron chi connectivity index (χ4n) is 5.10. The first-order chi connectivity index (χ1) is 10.9. The number of benzene rings is 1. The smallest absolute Gasteiger partial charge is 0.278 e. The van der Waals surface area contributed by atoms with Gasteiger partial charge in [0.1, 0.15) is 0 Å². The van der Waals surface area contributed by atoms with Crippen molar-refractivity contribution >= 4 is 11.7 Å². The molecule has 0 aromatic heterocycles. The fourth-order valence-corrected chi connectivity index (χ4v) is 5.10. The molecule has 0 amide bonds. The van der Waals surface area contributed by atoms with E-state index < -0.39 is 22.1 Å². The third-order valence-electron chi connectivity index (χ3n) is 5.49. The Balaban J connectivity index is 0.000000136. The number of nitro groups is 1. The number of para-hydroxylation sites is 1. The van der Waals surface area contributed by atoms with E-state index in [0.717, 1.165) is 29.9 Å². The number of carboxylic acids is 1. The van der Waals surface area contributed by atoms with Crippen molar-refractivity contribution in [2.24, 2.45) is 17.8 Å². The highest BCUT2D eigenvalue weighted by Gasteiger charge is 2.51. The van der Waals surface area contributed by atoms with E-state index in [0.29, 0.717) is 5.54 Å². The van der Waals surface area contributed by atoms with Crippen molar-refractivity contribution in [1.82, 2.24) is 0 Å². The van der Waals surface area contributed by atoms with E-state index in [1.807, 2.05) is 0 Å². The maximum atomic E-state index is 10.3. The van der Waals surface area contributed by atoms with Gasteiger partial charge in [0.2, 0.25) is 0 Å². The lowest BCUT2D eigenvalue weighted by Crippen LogP contribution is -2.77. The van der Waals surface area contributed by atoms with Gasteiger partial charge < -0.3 is 15.6 Å². The number of hydrogen-bond donors (Lipinski definition) is 1. The lowest BCUT2D eigenvalue weighted by molar-refractivity contribution is -0.504. The molecule has 4 aliphatic carbocycles. The minimum Gasteiger partial charge on any atom is -0.545 e. The largest absolute Gasteiger partial charge is 0.545 e. The Hall–Kier alpha value is -1.95. The van der Waals surface area contributed by atoms with Gasteiger partial charge in [0, 0.05) is 25.3 Å². The van der Waals surface area contributed by atoms with Crippen molar-refractivity contribution in [1.29, 1.82) is 0 Å². The van der Waals surface area contributed by atoms with Gasteiger partial charge in [-0.25, -0.2) is 0 Å². The molecule has 4 fully saturated rings. The van der Waals surface area contributed by atoms with Gasteiger partial charge in [-0.1, -0.05) is 12.1 Å². The molecule has 0 aliphatic heterocycles. The van der Waals surface area contributed by atoms with Crippen LogP contribution in [0, 0.1) is 27.9 Å². The van der Waals surface area contributed by atoms with Crippen LogP contribution in [0.15, 0.2) is 24.3 Å². The van der Waals surface area contributed by atoms with E-state index >= 15 is 0 Å². The second-order valence-corrected chi connectivity index (χ2v) is 7.48. The SMILES string of the molecule is O=C([O-])c1ccccc1[N+](=O)[O-].[NH3+]C12CC3CC(CC(C3)C1)C2. The maximum absolute atomic E-state index is 10.3. The van der Waals surface area contributed by atoms with Crippen molar-refractivity contribution < 1.29 is 20.6 Å². The standard InChI is InChI=1S/C10H17N.C7H5NO4/c11-10-4-7-1-8(5-10)3-9(2-7)6-10;9-7(10)5-3-1-2-4-6(5)8(11)12/h7-9H,1-6,11H2;1-4H,(H,9,10). The summed E-state index contributed by atoms with van der Waals surface area (Å²) in [7, 11) is 0. The first-order valence-electron chi connectivity index (χ1n) is 8.16. The normalized spacial score (nSPS) is 33.7. The lowest BCUT2D eigenvalue weighted by Gasteiger charge is -2.52. The van der Waals surface area contributed by atoms with Crippen LogP contribution in [0.5, 0.6) is 0 Å². The van der Waals surface area contributed by atoms with Gasteiger partial charge in [0.05, 0.1) is 22.0 Å². The number of carbonyl (C=O) groups is 1. The summed E-state index contributed by atoms with van der Waals surface area (Å²) in [6.45, 7) is 0. The second kappa shape index (κ2) is 5.92. The van der Waals surface area contributed by atoms with Gasteiger partial charge in [0.25, 0.3) is 5.69 Å².